The molecule has 2 heterocycles. The molecule has 0 aliphatic carbocycles. The van der Waals surface area contributed by atoms with Crippen LogP contribution in [-0.4, -0.2) is 41.6 Å². The largest absolute Gasteiger partial charge is 0.497 e. The van der Waals surface area contributed by atoms with Crippen molar-refractivity contribution in [3.8, 4) is 5.75 Å². The highest BCUT2D eigenvalue weighted by Crippen LogP contribution is 2.48. The standard InChI is InChI=1S/C27H26N2O4/c1-27(21-11-7-4-8-12-21)24(25(30)28(27)17-19-13-15-22(32-2)16-14-19)29-23(18-33-26(29)31)20-9-5-3-6-10-20/h3-16,23-24H,17-18H2,1-2H3/t23-,24-,27-/m1/s1. The van der Waals surface area contributed by atoms with Gasteiger partial charge in [0.15, 0.2) is 0 Å². The van der Waals surface area contributed by atoms with Gasteiger partial charge in [0.2, 0.25) is 5.91 Å². The molecule has 3 atom stereocenters. The highest BCUT2D eigenvalue weighted by molar-refractivity contribution is 5.95. The van der Waals surface area contributed by atoms with Crippen LogP contribution in [0.2, 0.25) is 0 Å². The van der Waals surface area contributed by atoms with Crippen LogP contribution in [0.1, 0.15) is 29.7 Å². The van der Waals surface area contributed by atoms with E-state index in [2.05, 4.69) is 0 Å². The second kappa shape index (κ2) is 8.28. The van der Waals surface area contributed by atoms with E-state index < -0.39 is 17.7 Å². The maximum Gasteiger partial charge on any atom is 0.411 e. The van der Waals surface area contributed by atoms with Crippen LogP contribution >= 0.6 is 0 Å². The van der Waals surface area contributed by atoms with Crippen molar-refractivity contribution in [2.45, 2.75) is 31.1 Å². The molecule has 3 aromatic carbocycles. The zero-order chi connectivity index (χ0) is 23.0. The molecular weight excluding hydrogens is 416 g/mol. The van der Waals surface area contributed by atoms with Crippen LogP contribution in [0.25, 0.3) is 0 Å². The Labute approximate surface area is 193 Å². The van der Waals surface area contributed by atoms with Crippen molar-refractivity contribution in [3.05, 3.63) is 102 Å². The molecule has 0 N–H and O–H groups in total. The Morgan fingerprint density at radius 2 is 1.58 bits per heavy atom. The smallest absolute Gasteiger partial charge is 0.411 e. The molecule has 33 heavy (non-hydrogen) atoms. The zero-order valence-electron chi connectivity index (χ0n) is 18.7. The van der Waals surface area contributed by atoms with Crippen LogP contribution in [0.4, 0.5) is 4.79 Å². The summed E-state index contributed by atoms with van der Waals surface area (Å²) >= 11 is 0. The first-order chi connectivity index (χ1) is 16.0. The predicted octanol–water partition coefficient (Wildman–Crippen LogP) is 4.51. The number of carbonyl (C=O) groups is 2. The molecule has 0 radical (unpaired) electrons. The van der Waals surface area contributed by atoms with Gasteiger partial charge in [-0.3, -0.25) is 9.69 Å². The summed E-state index contributed by atoms with van der Waals surface area (Å²) in [5, 5.41) is 0. The second-order valence-electron chi connectivity index (χ2n) is 8.60. The Bertz CT molecular complexity index is 1150. The summed E-state index contributed by atoms with van der Waals surface area (Å²) in [6.07, 6.45) is -0.451. The SMILES string of the molecule is COc1ccc(CN2C(=O)[C@@H](N3C(=O)OC[C@@H]3c3ccccc3)[C@@]2(C)c2ccccc2)cc1. The number of β-lactam (4-membered cyclic amide) rings is 1. The lowest BCUT2D eigenvalue weighted by Gasteiger charge is -2.58. The summed E-state index contributed by atoms with van der Waals surface area (Å²) in [5.74, 6) is 0.680. The minimum Gasteiger partial charge on any atom is -0.497 e. The molecule has 0 saturated carbocycles. The van der Waals surface area contributed by atoms with Crippen LogP contribution in [0, 0.1) is 0 Å². The molecule has 2 saturated heterocycles. The number of benzene rings is 3. The number of methoxy groups -OCH3 is 1. The van der Waals surface area contributed by atoms with Gasteiger partial charge in [0.05, 0.1) is 18.7 Å². The third kappa shape index (κ3) is 3.42. The van der Waals surface area contributed by atoms with E-state index in [-0.39, 0.29) is 18.6 Å². The summed E-state index contributed by atoms with van der Waals surface area (Å²) in [6, 6.07) is 26.4. The Morgan fingerprint density at radius 1 is 0.939 bits per heavy atom. The first-order valence-corrected chi connectivity index (χ1v) is 11.0. The molecule has 2 aliphatic rings. The molecule has 0 spiro atoms. The first-order valence-electron chi connectivity index (χ1n) is 11.0. The third-order valence-corrected chi connectivity index (χ3v) is 6.82. The van der Waals surface area contributed by atoms with Crippen molar-refractivity contribution in [2.24, 2.45) is 0 Å². The molecule has 6 nitrogen and oxygen atoms in total. The lowest BCUT2D eigenvalue weighted by molar-refractivity contribution is -0.175. The molecule has 2 fully saturated rings. The highest BCUT2D eigenvalue weighted by atomic mass is 16.6. The fourth-order valence-electron chi connectivity index (χ4n) is 4.98. The van der Waals surface area contributed by atoms with E-state index in [1.165, 1.54) is 0 Å². The molecule has 2 amide bonds. The molecule has 0 unspecified atom stereocenters. The molecular formula is C27H26N2O4. The van der Waals surface area contributed by atoms with Crippen molar-refractivity contribution in [3.63, 3.8) is 0 Å². The summed E-state index contributed by atoms with van der Waals surface area (Å²) in [5.41, 5.74) is 2.23. The number of nitrogens with zero attached hydrogens (tertiary/aromatic N) is 2. The predicted molar refractivity (Wildman–Crippen MR) is 123 cm³/mol. The van der Waals surface area contributed by atoms with Gasteiger partial charge in [0.1, 0.15) is 18.4 Å². The molecule has 0 aromatic heterocycles. The van der Waals surface area contributed by atoms with Gasteiger partial charge in [-0.1, -0.05) is 72.8 Å². The Hall–Kier alpha value is -3.80. The van der Waals surface area contributed by atoms with Gasteiger partial charge in [-0.05, 0) is 35.7 Å². The average Bonchev–Trinajstić information content (AvgIpc) is 3.24. The van der Waals surface area contributed by atoms with Crippen molar-refractivity contribution >= 4 is 12.0 Å². The minimum absolute atomic E-state index is 0.0862. The van der Waals surface area contributed by atoms with Gasteiger partial charge in [0, 0.05) is 6.54 Å². The summed E-state index contributed by atoms with van der Waals surface area (Å²) < 4.78 is 10.7. The van der Waals surface area contributed by atoms with E-state index in [4.69, 9.17) is 9.47 Å². The maximum absolute atomic E-state index is 13.6. The van der Waals surface area contributed by atoms with Gasteiger partial charge >= 0.3 is 6.09 Å². The highest BCUT2D eigenvalue weighted by Gasteiger charge is 2.63. The quantitative estimate of drug-likeness (QED) is 0.527. The van der Waals surface area contributed by atoms with Gasteiger partial charge in [-0.15, -0.1) is 0 Å². The monoisotopic (exact) mass is 442 g/mol. The number of hydrogen-bond acceptors (Lipinski definition) is 4. The number of cyclic esters (lactones) is 1. The lowest BCUT2D eigenvalue weighted by Crippen LogP contribution is -2.75. The van der Waals surface area contributed by atoms with Crippen molar-refractivity contribution in [1.29, 1.82) is 0 Å². The zero-order valence-corrected chi connectivity index (χ0v) is 18.7. The van der Waals surface area contributed by atoms with E-state index in [0.717, 1.165) is 22.4 Å². The van der Waals surface area contributed by atoms with Crippen LogP contribution in [-0.2, 0) is 21.6 Å². The number of amides is 2. The molecule has 6 heteroatoms. The van der Waals surface area contributed by atoms with Gasteiger partial charge < -0.3 is 14.4 Å². The summed E-state index contributed by atoms with van der Waals surface area (Å²) in [4.78, 5) is 30.0. The lowest BCUT2D eigenvalue weighted by atomic mass is 9.73. The Kier molecular flexibility index (Phi) is 5.29. The van der Waals surface area contributed by atoms with E-state index >= 15 is 0 Å². The molecule has 3 aromatic rings. The topological polar surface area (TPSA) is 59.1 Å². The van der Waals surface area contributed by atoms with Gasteiger partial charge in [-0.2, -0.15) is 0 Å². The molecule has 0 bridgehead atoms. The van der Waals surface area contributed by atoms with Crippen LogP contribution in [0.5, 0.6) is 5.75 Å². The summed E-state index contributed by atoms with van der Waals surface area (Å²) in [6.45, 7) is 2.70. The van der Waals surface area contributed by atoms with Gasteiger partial charge in [-0.25, -0.2) is 4.79 Å². The van der Waals surface area contributed by atoms with Crippen LogP contribution in [0.15, 0.2) is 84.9 Å². The van der Waals surface area contributed by atoms with Crippen molar-refractivity contribution in [2.75, 3.05) is 13.7 Å². The number of likely N-dealkylation sites (tertiary alicyclic amines) is 1. The van der Waals surface area contributed by atoms with Gasteiger partial charge in [0.25, 0.3) is 0 Å². The van der Waals surface area contributed by atoms with E-state index in [0.29, 0.717) is 6.54 Å². The molecule has 5 rings (SSSR count). The van der Waals surface area contributed by atoms with E-state index in [1.807, 2.05) is 96.8 Å². The van der Waals surface area contributed by atoms with Crippen molar-refractivity contribution < 1.29 is 19.1 Å². The number of carbonyl (C=O) groups excluding carboxylic acids is 2. The minimum atomic E-state index is -0.700. The average molecular weight is 443 g/mol. The van der Waals surface area contributed by atoms with Crippen LogP contribution in [0.3, 0.4) is 0 Å². The van der Waals surface area contributed by atoms with Crippen molar-refractivity contribution in [1.82, 2.24) is 9.80 Å². The summed E-state index contributed by atoms with van der Waals surface area (Å²) in [7, 11) is 1.63. The number of rotatable bonds is 6. The fraction of sp³-hybridized carbons (Fsp3) is 0.259. The first kappa shape index (κ1) is 21.1. The normalized spacial score (nSPS) is 24.4. The number of hydrogen-bond donors (Lipinski definition) is 0. The molecule has 168 valence electrons. The molecule has 2 aliphatic heterocycles. The number of ether oxygens (including phenoxy) is 2. The fourth-order valence-corrected chi connectivity index (χ4v) is 4.98. The van der Waals surface area contributed by atoms with E-state index in [1.54, 1.807) is 12.0 Å². The van der Waals surface area contributed by atoms with Crippen LogP contribution < -0.4 is 4.74 Å². The third-order valence-electron chi connectivity index (χ3n) is 6.82. The van der Waals surface area contributed by atoms with E-state index in [9.17, 15) is 9.59 Å². The Morgan fingerprint density at radius 3 is 2.21 bits per heavy atom. The maximum atomic E-state index is 13.6. The second-order valence-corrected chi connectivity index (χ2v) is 8.60. The Balaban J connectivity index is 1.52.